The van der Waals surface area contributed by atoms with E-state index in [9.17, 15) is 29.0 Å². The summed E-state index contributed by atoms with van der Waals surface area (Å²) in [4.78, 5) is 20.8. The normalized spacial score (nSPS) is 30.1. The monoisotopic (exact) mass is 594 g/mol. The summed E-state index contributed by atoms with van der Waals surface area (Å²) in [5, 5.41) is 22.0. The van der Waals surface area contributed by atoms with E-state index in [1.165, 1.54) is 0 Å². The molecule has 0 aromatic heterocycles. The minimum atomic E-state index is -0.689. The van der Waals surface area contributed by atoms with E-state index in [4.69, 9.17) is 28.4 Å². The Morgan fingerprint density at radius 1 is 0.690 bits per heavy atom. The SMILES string of the molecule is CC1(C)O[C@H]2[C@H](Oc3cc(F)ccc3[N+](=O)[O-])CC[C@H]2O1.CC1(C)O[C@H]2[C@H](Oc3cc(F)ccc3[N+](=O)[O-])CC[C@H]2O1. The molecule has 2 saturated carbocycles. The zero-order valence-corrected chi connectivity index (χ0v) is 23.5. The standard InChI is InChI=1S/2C14H16FNO5/c2*1-14(2)20-11-6-5-10(13(11)21-14)19-12-7-8(15)3-4-9(12)16(17)18/h2*3-4,7,10-11,13H,5-6H2,1-2H3/t2*10-,11-,13+/m11/s1. The molecule has 4 fully saturated rings. The van der Waals surface area contributed by atoms with Gasteiger partial charge in [-0.1, -0.05) is 0 Å². The van der Waals surface area contributed by atoms with Crippen LogP contribution in [0.2, 0.25) is 0 Å². The van der Waals surface area contributed by atoms with E-state index >= 15 is 0 Å². The van der Waals surface area contributed by atoms with Gasteiger partial charge in [-0.2, -0.15) is 0 Å². The van der Waals surface area contributed by atoms with Crippen LogP contribution in [0.15, 0.2) is 36.4 Å². The van der Waals surface area contributed by atoms with Crippen LogP contribution in [0.25, 0.3) is 0 Å². The van der Waals surface area contributed by atoms with Gasteiger partial charge in [-0.15, -0.1) is 0 Å². The second kappa shape index (κ2) is 11.3. The molecule has 6 atom stereocenters. The predicted octanol–water partition coefficient (Wildman–Crippen LogP) is 5.59. The smallest absolute Gasteiger partial charge is 0.311 e. The van der Waals surface area contributed by atoms with E-state index in [0.29, 0.717) is 12.8 Å². The van der Waals surface area contributed by atoms with Gasteiger partial charge >= 0.3 is 11.4 Å². The number of hydrogen-bond donors (Lipinski definition) is 0. The Labute approximate surface area is 240 Å². The lowest BCUT2D eigenvalue weighted by Crippen LogP contribution is -2.33. The third-order valence-corrected chi connectivity index (χ3v) is 7.44. The van der Waals surface area contributed by atoms with Crippen LogP contribution < -0.4 is 9.47 Å². The Morgan fingerprint density at radius 3 is 1.43 bits per heavy atom. The van der Waals surface area contributed by atoms with Gasteiger partial charge in [0.05, 0.1) is 22.1 Å². The van der Waals surface area contributed by atoms with Crippen molar-refractivity contribution >= 4 is 11.4 Å². The number of nitro benzene ring substituents is 2. The molecular formula is C28H32F2N2O10. The number of halogens is 2. The van der Waals surface area contributed by atoms with Gasteiger partial charge < -0.3 is 28.4 Å². The molecule has 2 aliphatic heterocycles. The molecule has 4 aliphatic rings. The molecule has 2 aromatic carbocycles. The quantitative estimate of drug-likeness (QED) is 0.307. The maximum Gasteiger partial charge on any atom is 0.311 e. The highest BCUT2D eigenvalue weighted by molar-refractivity contribution is 5.47. The maximum atomic E-state index is 13.3. The van der Waals surface area contributed by atoms with E-state index in [1.807, 2.05) is 27.7 Å². The molecule has 2 aromatic rings. The van der Waals surface area contributed by atoms with E-state index in [-0.39, 0.29) is 59.5 Å². The van der Waals surface area contributed by atoms with Gasteiger partial charge in [0.2, 0.25) is 0 Å². The Balaban J connectivity index is 0.000000168. The van der Waals surface area contributed by atoms with Crippen molar-refractivity contribution in [3.8, 4) is 11.5 Å². The zero-order chi connectivity index (χ0) is 30.4. The lowest BCUT2D eigenvalue weighted by atomic mass is 10.2. The number of hydrogen-bond acceptors (Lipinski definition) is 10. The highest BCUT2D eigenvalue weighted by Gasteiger charge is 2.51. The molecule has 2 heterocycles. The molecule has 14 heteroatoms. The highest BCUT2D eigenvalue weighted by Crippen LogP contribution is 2.42. The third-order valence-electron chi connectivity index (χ3n) is 7.44. The summed E-state index contributed by atoms with van der Waals surface area (Å²) in [7, 11) is 0. The van der Waals surface area contributed by atoms with Gasteiger partial charge in [-0.05, 0) is 65.5 Å². The summed E-state index contributed by atoms with van der Waals surface area (Å²) in [6.45, 7) is 7.25. The first-order chi connectivity index (χ1) is 19.7. The third kappa shape index (κ3) is 6.46. The number of ether oxygens (including phenoxy) is 6. The van der Waals surface area contributed by atoms with Gasteiger partial charge in [-0.25, -0.2) is 8.78 Å². The first kappa shape index (κ1) is 30.0. The van der Waals surface area contributed by atoms with Crippen LogP contribution in [0.1, 0.15) is 53.4 Å². The molecule has 0 unspecified atom stereocenters. The minimum Gasteiger partial charge on any atom is -0.481 e. The second-order valence-electron chi connectivity index (χ2n) is 11.5. The van der Waals surface area contributed by atoms with Crippen LogP contribution in [-0.4, -0.2) is 58.0 Å². The summed E-state index contributed by atoms with van der Waals surface area (Å²) < 4.78 is 61.0. The molecule has 0 spiro atoms. The van der Waals surface area contributed by atoms with E-state index in [2.05, 4.69) is 0 Å². The summed E-state index contributed by atoms with van der Waals surface area (Å²) in [6, 6.07) is 6.36. The number of rotatable bonds is 6. The Bertz CT molecular complexity index is 1250. The fourth-order valence-electron chi connectivity index (χ4n) is 5.83. The van der Waals surface area contributed by atoms with Crippen LogP contribution in [0.5, 0.6) is 11.5 Å². The largest absolute Gasteiger partial charge is 0.481 e. The lowest BCUT2D eigenvalue weighted by molar-refractivity contribution is -0.386. The molecule has 0 bridgehead atoms. The molecule has 2 saturated heterocycles. The van der Waals surface area contributed by atoms with Crippen molar-refractivity contribution in [3.05, 3.63) is 68.3 Å². The van der Waals surface area contributed by atoms with E-state index in [1.54, 1.807) is 0 Å². The summed E-state index contributed by atoms with van der Waals surface area (Å²) in [5.41, 5.74) is -0.504. The van der Waals surface area contributed by atoms with Crippen LogP contribution in [0, 0.1) is 31.9 Å². The molecule has 0 N–H and O–H groups in total. The van der Waals surface area contributed by atoms with Gasteiger partial charge in [0.25, 0.3) is 0 Å². The van der Waals surface area contributed by atoms with Crippen LogP contribution in [0.3, 0.4) is 0 Å². The Hall–Kier alpha value is -3.46. The average molecular weight is 595 g/mol. The number of benzene rings is 2. The van der Waals surface area contributed by atoms with Crippen LogP contribution >= 0.6 is 0 Å². The molecular weight excluding hydrogens is 562 g/mol. The molecule has 12 nitrogen and oxygen atoms in total. The second-order valence-corrected chi connectivity index (χ2v) is 11.5. The van der Waals surface area contributed by atoms with E-state index < -0.39 is 33.1 Å². The van der Waals surface area contributed by atoms with Crippen molar-refractivity contribution in [1.29, 1.82) is 0 Å². The summed E-state index contributed by atoms with van der Waals surface area (Å²) in [5.74, 6) is -2.67. The number of nitrogens with zero attached hydrogens (tertiary/aromatic N) is 2. The first-order valence-corrected chi connectivity index (χ1v) is 13.6. The summed E-state index contributed by atoms with van der Waals surface area (Å²) in [6.07, 6.45) is 1.30. The molecule has 6 rings (SSSR count). The minimum absolute atomic E-state index is 0.0704. The van der Waals surface area contributed by atoms with Gasteiger partial charge in [0, 0.05) is 24.3 Å². The van der Waals surface area contributed by atoms with E-state index in [0.717, 1.165) is 49.2 Å². The predicted molar refractivity (Wildman–Crippen MR) is 141 cm³/mol. The van der Waals surface area contributed by atoms with Crippen molar-refractivity contribution in [2.45, 2.75) is 102 Å². The molecule has 0 radical (unpaired) electrons. The van der Waals surface area contributed by atoms with Crippen LogP contribution in [-0.2, 0) is 18.9 Å². The molecule has 42 heavy (non-hydrogen) atoms. The Morgan fingerprint density at radius 2 is 1.07 bits per heavy atom. The van der Waals surface area contributed by atoms with Gasteiger partial charge in [-0.3, -0.25) is 20.2 Å². The van der Waals surface area contributed by atoms with Crippen molar-refractivity contribution in [2.75, 3.05) is 0 Å². The number of nitro groups is 2. The van der Waals surface area contributed by atoms with Crippen LogP contribution in [0.4, 0.5) is 20.2 Å². The molecule has 2 aliphatic carbocycles. The lowest BCUT2D eigenvalue weighted by Gasteiger charge is -2.22. The maximum absolute atomic E-state index is 13.3. The average Bonchev–Trinajstić information content (AvgIpc) is 3.59. The van der Waals surface area contributed by atoms with Crippen molar-refractivity contribution in [3.63, 3.8) is 0 Å². The highest BCUT2D eigenvalue weighted by atomic mass is 19.1. The zero-order valence-electron chi connectivity index (χ0n) is 23.5. The van der Waals surface area contributed by atoms with Crippen molar-refractivity contribution in [1.82, 2.24) is 0 Å². The Kier molecular flexibility index (Phi) is 8.09. The topological polar surface area (TPSA) is 142 Å². The molecule has 228 valence electrons. The number of fused-ring (bicyclic) bond motifs is 2. The van der Waals surface area contributed by atoms with Crippen molar-refractivity contribution in [2.24, 2.45) is 0 Å². The van der Waals surface area contributed by atoms with Crippen molar-refractivity contribution < 1.29 is 47.0 Å². The fourth-order valence-corrected chi connectivity index (χ4v) is 5.83. The first-order valence-electron chi connectivity index (χ1n) is 13.6. The summed E-state index contributed by atoms with van der Waals surface area (Å²) >= 11 is 0. The fraction of sp³-hybridized carbons (Fsp3) is 0.571. The molecule has 0 amide bonds. The van der Waals surface area contributed by atoms with Gasteiger partial charge in [0.1, 0.15) is 36.1 Å². The van der Waals surface area contributed by atoms with Gasteiger partial charge in [0.15, 0.2) is 23.1 Å².